The third-order valence-electron chi connectivity index (χ3n) is 2.98. The first kappa shape index (κ1) is 11.0. The van der Waals surface area contributed by atoms with Gasteiger partial charge in [-0.2, -0.15) is 0 Å². The molecule has 0 radical (unpaired) electrons. The molecule has 1 aliphatic carbocycles. The number of hydrogen-bond donors (Lipinski definition) is 1. The van der Waals surface area contributed by atoms with Gasteiger partial charge >= 0.3 is 0 Å². The molecule has 0 heterocycles. The van der Waals surface area contributed by atoms with Crippen LogP contribution in [0.2, 0.25) is 0 Å². The number of nitrogens with one attached hydrogen (secondary N) is 1. The summed E-state index contributed by atoms with van der Waals surface area (Å²) in [4.78, 5) is 2.54. The van der Waals surface area contributed by atoms with Crippen LogP contribution < -0.4 is 5.32 Å². The van der Waals surface area contributed by atoms with Gasteiger partial charge in [-0.1, -0.05) is 6.92 Å². The first-order valence-electron chi connectivity index (χ1n) is 5.68. The summed E-state index contributed by atoms with van der Waals surface area (Å²) in [5, 5.41) is 3.45. The van der Waals surface area contributed by atoms with Crippen molar-refractivity contribution in [2.24, 2.45) is 0 Å². The van der Waals surface area contributed by atoms with E-state index in [2.05, 4.69) is 31.1 Å². The van der Waals surface area contributed by atoms with Gasteiger partial charge in [0.15, 0.2) is 0 Å². The molecule has 0 aromatic carbocycles. The van der Waals surface area contributed by atoms with E-state index in [1.807, 2.05) is 0 Å². The standard InChI is InChI=1S/C11H24N2/c1-4-8-12-9-7-10(2)13(3)11-5-6-11/h10-12H,4-9H2,1-3H3. The number of rotatable bonds is 7. The first-order chi connectivity index (χ1) is 6.25. The topological polar surface area (TPSA) is 15.3 Å². The summed E-state index contributed by atoms with van der Waals surface area (Å²) in [5.74, 6) is 0. The molecule has 1 fully saturated rings. The lowest BCUT2D eigenvalue weighted by atomic mass is 10.2. The zero-order valence-corrected chi connectivity index (χ0v) is 9.34. The third-order valence-corrected chi connectivity index (χ3v) is 2.98. The van der Waals surface area contributed by atoms with Gasteiger partial charge in [0.25, 0.3) is 0 Å². The van der Waals surface area contributed by atoms with Crippen molar-refractivity contribution in [3.8, 4) is 0 Å². The van der Waals surface area contributed by atoms with Gasteiger partial charge in [-0.05, 0) is 52.7 Å². The van der Waals surface area contributed by atoms with Gasteiger partial charge in [0, 0.05) is 12.1 Å². The maximum Gasteiger partial charge on any atom is 0.00961 e. The van der Waals surface area contributed by atoms with Crippen molar-refractivity contribution in [2.45, 2.75) is 51.6 Å². The highest BCUT2D eigenvalue weighted by Gasteiger charge is 2.28. The molecule has 1 unspecified atom stereocenters. The minimum atomic E-state index is 0.747. The Balaban J connectivity index is 1.99. The lowest BCUT2D eigenvalue weighted by Crippen LogP contribution is -2.33. The molecule has 0 aromatic heterocycles. The average Bonchev–Trinajstić information content (AvgIpc) is 2.94. The average molecular weight is 184 g/mol. The molecule has 0 aromatic rings. The lowest BCUT2D eigenvalue weighted by molar-refractivity contribution is 0.235. The van der Waals surface area contributed by atoms with E-state index < -0.39 is 0 Å². The van der Waals surface area contributed by atoms with Crippen molar-refractivity contribution in [1.82, 2.24) is 10.2 Å². The fourth-order valence-corrected chi connectivity index (χ4v) is 1.66. The summed E-state index contributed by atoms with van der Waals surface area (Å²) < 4.78 is 0. The monoisotopic (exact) mass is 184 g/mol. The predicted molar refractivity (Wildman–Crippen MR) is 58.0 cm³/mol. The molecule has 1 rings (SSSR count). The third kappa shape index (κ3) is 4.10. The molecule has 13 heavy (non-hydrogen) atoms. The molecule has 1 N–H and O–H groups in total. The molecule has 1 aliphatic rings. The fourth-order valence-electron chi connectivity index (χ4n) is 1.66. The SMILES string of the molecule is CCCNCCC(C)N(C)C1CC1. The summed E-state index contributed by atoms with van der Waals surface area (Å²) in [6.07, 6.45) is 5.37. The van der Waals surface area contributed by atoms with Crippen LogP contribution in [0, 0.1) is 0 Å². The van der Waals surface area contributed by atoms with Crippen molar-refractivity contribution in [2.75, 3.05) is 20.1 Å². The quantitative estimate of drug-likeness (QED) is 0.608. The molecule has 2 heteroatoms. The molecule has 78 valence electrons. The van der Waals surface area contributed by atoms with E-state index in [1.165, 1.54) is 38.8 Å². The van der Waals surface area contributed by atoms with E-state index in [1.54, 1.807) is 0 Å². The lowest BCUT2D eigenvalue weighted by Gasteiger charge is -2.24. The smallest absolute Gasteiger partial charge is 0.00961 e. The van der Waals surface area contributed by atoms with Crippen LogP contribution >= 0.6 is 0 Å². The van der Waals surface area contributed by atoms with Crippen LogP contribution in [0.15, 0.2) is 0 Å². The highest BCUT2D eigenvalue weighted by atomic mass is 15.2. The highest BCUT2D eigenvalue weighted by molar-refractivity contribution is 4.85. The minimum Gasteiger partial charge on any atom is -0.317 e. The van der Waals surface area contributed by atoms with E-state index in [-0.39, 0.29) is 0 Å². The van der Waals surface area contributed by atoms with Crippen molar-refractivity contribution >= 4 is 0 Å². The molecule has 2 nitrogen and oxygen atoms in total. The Labute approximate surface area is 82.7 Å². The molecule has 0 bridgehead atoms. The number of hydrogen-bond acceptors (Lipinski definition) is 2. The fraction of sp³-hybridized carbons (Fsp3) is 1.00. The molecule has 0 saturated heterocycles. The maximum absolute atomic E-state index is 3.45. The molecular weight excluding hydrogens is 160 g/mol. The summed E-state index contributed by atoms with van der Waals surface area (Å²) >= 11 is 0. The van der Waals surface area contributed by atoms with Crippen LogP contribution in [0.1, 0.15) is 39.5 Å². The van der Waals surface area contributed by atoms with Gasteiger partial charge in [-0.15, -0.1) is 0 Å². The number of nitrogens with zero attached hydrogens (tertiary/aromatic N) is 1. The Morgan fingerprint density at radius 2 is 2.08 bits per heavy atom. The Bertz CT molecular complexity index is 132. The molecular formula is C11H24N2. The minimum absolute atomic E-state index is 0.747. The molecule has 1 atom stereocenters. The second-order valence-electron chi connectivity index (χ2n) is 4.28. The van der Waals surface area contributed by atoms with Crippen LogP contribution in [0.3, 0.4) is 0 Å². The molecule has 0 amide bonds. The van der Waals surface area contributed by atoms with Gasteiger partial charge in [0.05, 0.1) is 0 Å². The van der Waals surface area contributed by atoms with Crippen molar-refractivity contribution in [3.63, 3.8) is 0 Å². The Morgan fingerprint density at radius 3 is 2.62 bits per heavy atom. The van der Waals surface area contributed by atoms with Gasteiger partial charge in [-0.25, -0.2) is 0 Å². The van der Waals surface area contributed by atoms with E-state index in [4.69, 9.17) is 0 Å². The van der Waals surface area contributed by atoms with Crippen LogP contribution in [0.5, 0.6) is 0 Å². The molecule has 1 saturated carbocycles. The van der Waals surface area contributed by atoms with Crippen molar-refractivity contribution < 1.29 is 0 Å². The van der Waals surface area contributed by atoms with Crippen LogP contribution in [0.25, 0.3) is 0 Å². The summed E-state index contributed by atoms with van der Waals surface area (Å²) in [7, 11) is 2.27. The van der Waals surface area contributed by atoms with Gasteiger partial charge in [0.2, 0.25) is 0 Å². The van der Waals surface area contributed by atoms with E-state index in [0.29, 0.717) is 0 Å². The second-order valence-corrected chi connectivity index (χ2v) is 4.28. The largest absolute Gasteiger partial charge is 0.317 e. The van der Waals surface area contributed by atoms with Crippen LogP contribution in [0.4, 0.5) is 0 Å². The van der Waals surface area contributed by atoms with E-state index in [9.17, 15) is 0 Å². The Kier molecular flexibility index (Phi) is 4.74. The van der Waals surface area contributed by atoms with Gasteiger partial charge < -0.3 is 10.2 Å². The summed E-state index contributed by atoms with van der Waals surface area (Å²) in [6.45, 7) is 6.89. The second kappa shape index (κ2) is 5.61. The van der Waals surface area contributed by atoms with Crippen molar-refractivity contribution in [1.29, 1.82) is 0 Å². The normalized spacial score (nSPS) is 19.4. The summed E-state index contributed by atoms with van der Waals surface area (Å²) in [5.41, 5.74) is 0. The van der Waals surface area contributed by atoms with Gasteiger partial charge in [0.1, 0.15) is 0 Å². The van der Waals surface area contributed by atoms with Crippen LogP contribution in [-0.2, 0) is 0 Å². The van der Waals surface area contributed by atoms with E-state index in [0.717, 1.165) is 12.1 Å². The zero-order chi connectivity index (χ0) is 9.68. The van der Waals surface area contributed by atoms with E-state index >= 15 is 0 Å². The first-order valence-corrected chi connectivity index (χ1v) is 5.68. The van der Waals surface area contributed by atoms with Gasteiger partial charge in [-0.3, -0.25) is 0 Å². The van der Waals surface area contributed by atoms with Crippen LogP contribution in [-0.4, -0.2) is 37.1 Å². The van der Waals surface area contributed by atoms with Crippen molar-refractivity contribution in [3.05, 3.63) is 0 Å². The predicted octanol–water partition coefficient (Wildman–Crippen LogP) is 1.86. The molecule has 0 spiro atoms. The molecule has 0 aliphatic heterocycles. The highest BCUT2D eigenvalue weighted by Crippen LogP contribution is 2.27. The maximum atomic E-state index is 3.45. The summed E-state index contributed by atoms with van der Waals surface area (Å²) in [6, 6.07) is 1.65. The Morgan fingerprint density at radius 1 is 1.38 bits per heavy atom. The zero-order valence-electron chi connectivity index (χ0n) is 9.34. The Hall–Kier alpha value is -0.0800.